The summed E-state index contributed by atoms with van der Waals surface area (Å²) in [6, 6.07) is 5.26. The van der Waals surface area contributed by atoms with Crippen LogP contribution in [0.1, 0.15) is 24.1 Å². The Morgan fingerprint density at radius 2 is 2.00 bits per heavy atom. The molecule has 0 fully saturated rings. The van der Waals surface area contributed by atoms with Crippen molar-refractivity contribution in [3.8, 4) is 0 Å². The van der Waals surface area contributed by atoms with Crippen LogP contribution in [0, 0.1) is 6.92 Å². The Kier molecular flexibility index (Phi) is 2.90. The highest BCUT2D eigenvalue weighted by Crippen LogP contribution is 2.23. The van der Waals surface area contributed by atoms with Gasteiger partial charge in [-0.1, -0.05) is 18.2 Å². The van der Waals surface area contributed by atoms with Crippen LogP contribution in [0.3, 0.4) is 0 Å². The SMILES string of the molecule is Cc1cccc([C@H](N)[C@@H](C)O)c1N. The van der Waals surface area contributed by atoms with Crippen molar-refractivity contribution in [2.45, 2.75) is 26.0 Å². The van der Waals surface area contributed by atoms with Gasteiger partial charge in [-0.15, -0.1) is 0 Å². The van der Waals surface area contributed by atoms with Crippen molar-refractivity contribution in [1.82, 2.24) is 0 Å². The monoisotopic (exact) mass is 180 g/mol. The molecule has 1 aromatic rings. The van der Waals surface area contributed by atoms with Crippen LogP contribution in [0.4, 0.5) is 5.69 Å². The second-order valence-corrected chi connectivity index (χ2v) is 3.34. The smallest absolute Gasteiger partial charge is 0.0705 e. The van der Waals surface area contributed by atoms with Gasteiger partial charge in [-0.3, -0.25) is 0 Å². The van der Waals surface area contributed by atoms with Gasteiger partial charge >= 0.3 is 0 Å². The minimum Gasteiger partial charge on any atom is -0.398 e. The van der Waals surface area contributed by atoms with Crippen LogP contribution < -0.4 is 11.5 Å². The molecule has 0 heterocycles. The normalized spacial score (nSPS) is 15.4. The lowest BCUT2D eigenvalue weighted by atomic mass is 9.99. The quantitative estimate of drug-likeness (QED) is 0.593. The van der Waals surface area contributed by atoms with E-state index in [-0.39, 0.29) is 0 Å². The largest absolute Gasteiger partial charge is 0.398 e. The summed E-state index contributed by atoms with van der Waals surface area (Å²) in [6.45, 7) is 3.58. The molecule has 2 atom stereocenters. The first-order chi connectivity index (χ1) is 6.04. The highest BCUT2D eigenvalue weighted by atomic mass is 16.3. The zero-order valence-corrected chi connectivity index (χ0v) is 7.99. The third-order valence-electron chi connectivity index (χ3n) is 2.24. The van der Waals surface area contributed by atoms with Crippen molar-refractivity contribution in [2.75, 3.05) is 5.73 Å². The van der Waals surface area contributed by atoms with E-state index in [9.17, 15) is 5.11 Å². The molecule has 0 aliphatic carbocycles. The molecular weight excluding hydrogens is 164 g/mol. The van der Waals surface area contributed by atoms with E-state index in [1.165, 1.54) is 0 Å². The first kappa shape index (κ1) is 10.0. The molecule has 5 N–H and O–H groups in total. The zero-order valence-electron chi connectivity index (χ0n) is 7.99. The second-order valence-electron chi connectivity index (χ2n) is 3.34. The molecular formula is C10H16N2O. The van der Waals surface area contributed by atoms with E-state index in [2.05, 4.69) is 0 Å². The molecule has 1 rings (SSSR count). The Morgan fingerprint density at radius 3 is 2.54 bits per heavy atom. The molecule has 0 saturated carbocycles. The molecule has 0 spiro atoms. The number of aryl methyl sites for hydroxylation is 1. The molecule has 13 heavy (non-hydrogen) atoms. The van der Waals surface area contributed by atoms with Gasteiger partial charge in [0.05, 0.1) is 12.1 Å². The molecule has 0 bridgehead atoms. The van der Waals surface area contributed by atoms with Gasteiger partial charge in [0.2, 0.25) is 0 Å². The van der Waals surface area contributed by atoms with Gasteiger partial charge in [-0.05, 0) is 25.0 Å². The first-order valence-corrected chi connectivity index (χ1v) is 4.32. The van der Waals surface area contributed by atoms with Gasteiger partial charge in [-0.2, -0.15) is 0 Å². The second kappa shape index (κ2) is 3.77. The van der Waals surface area contributed by atoms with Crippen LogP contribution in [-0.4, -0.2) is 11.2 Å². The number of aliphatic hydroxyl groups excluding tert-OH is 1. The maximum absolute atomic E-state index is 9.31. The number of benzene rings is 1. The minimum atomic E-state index is -0.580. The van der Waals surface area contributed by atoms with Crippen molar-refractivity contribution in [3.05, 3.63) is 29.3 Å². The number of aliphatic hydroxyl groups is 1. The van der Waals surface area contributed by atoms with Crippen molar-refractivity contribution >= 4 is 5.69 Å². The number of rotatable bonds is 2. The third-order valence-corrected chi connectivity index (χ3v) is 2.24. The van der Waals surface area contributed by atoms with Crippen molar-refractivity contribution in [2.24, 2.45) is 5.73 Å². The zero-order chi connectivity index (χ0) is 10.0. The number of nitrogens with two attached hydrogens (primary N) is 2. The standard InChI is InChI=1S/C10H16N2O/c1-6-4-3-5-8(9(6)11)10(12)7(2)13/h3-5,7,10,13H,11-12H2,1-2H3/t7-,10-/m1/s1. The van der Waals surface area contributed by atoms with Crippen LogP contribution >= 0.6 is 0 Å². The molecule has 3 nitrogen and oxygen atoms in total. The first-order valence-electron chi connectivity index (χ1n) is 4.32. The summed E-state index contributed by atoms with van der Waals surface area (Å²) in [7, 11) is 0. The summed E-state index contributed by atoms with van der Waals surface area (Å²) in [5, 5.41) is 9.31. The fourth-order valence-electron chi connectivity index (χ4n) is 1.25. The van der Waals surface area contributed by atoms with E-state index >= 15 is 0 Å². The van der Waals surface area contributed by atoms with E-state index in [1.54, 1.807) is 6.92 Å². The summed E-state index contributed by atoms with van der Waals surface area (Å²) in [6.07, 6.45) is -0.580. The van der Waals surface area contributed by atoms with Crippen LogP contribution in [0.15, 0.2) is 18.2 Å². The fraction of sp³-hybridized carbons (Fsp3) is 0.400. The minimum absolute atomic E-state index is 0.403. The van der Waals surface area contributed by atoms with Gasteiger partial charge < -0.3 is 16.6 Å². The van der Waals surface area contributed by atoms with Crippen molar-refractivity contribution in [3.63, 3.8) is 0 Å². The lowest BCUT2D eigenvalue weighted by molar-refractivity contribution is 0.164. The van der Waals surface area contributed by atoms with Crippen LogP contribution in [0.2, 0.25) is 0 Å². The van der Waals surface area contributed by atoms with E-state index in [0.717, 1.165) is 11.1 Å². The van der Waals surface area contributed by atoms with E-state index in [4.69, 9.17) is 11.5 Å². The molecule has 0 aliphatic rings. The summed E-state index contributed by atoms with van der Waals surface area (Å²) < 4.78 is 0. The highest BCUT2D eigenvalue weighted by Gasteiger charge is 2.14. The predicted octanol–water partition coefficient (Wildman–Crippen LogP) is 0.958. The topological polar surface area (TPSA) is 72.3 Å². The van der Waals surface area contributed by atoms with E-state index in [0.29, 0.717) is 5.69 Å². The lowest BCUT2D eigenvalue weighted by Crippen LogP contribution is -2.24. The summed E-state index contributed by atoms with van der Waals surface area (Å²) in [5.41, 5.74) is 14.1. The van der Waals surface area contributed by atoms with Crippen LogP contribution in [-0.2, 0) is 0 Å². The Labute approximate surface area is 78.4 Å². The van der Waals surface area contributed by atoms with Crippen LogP contribution in [0.25, 0.3) is 0 Å². The predicted molar refractivity (Wildman–Crippen MR) is 54.2 cm³/mol. The number of para-hydroxylation sites is 1. The van der Waals surface area contributed by atoms with Crippen molar-refractivity contribution < 1.29 is 5.11 Å². The van der Waals surface area contributed by atoms with Gasteiger partial charge in [0.15, 0.2) is 0 Å². The number of hydrogen-bond acceptors (Lipinski definition) is 3. The summed E-state index contributed by atoms with van der Waals surface area (Å²) in [4.78, 5) is 0. The van der Waals surface area contributed by atoms with Crippen molar-refractivity contribution in [1.29, 1.82) is 0 Å². The molecule has 0 aliphatic heterocycles. The third kappa shape index (κ3) is 1.99. The lowest BCUT2D eigenvalue weighted by Gasteiger charge is -2.18. The van der Waals surface area contributed by atoms with Gasteiger partial charge in [0.25, 0.3) is 0 Å². The molecule has 0 amide bonds. The van der Waals surface area contributed by atoms with E-state index < -0.39 is 12.1 Å². The number of hydrogen-bond donors (Lipinski definition) is 3. The summed E-state index contributed by atoms with van der Waals surface area (Å²) >= 11 is 0. The molecule has 72 valence electrons. The Hall–Kier alpha value is -1.06. The Bertz CT molecular complexity index is 297. The number of anilines is 1. The van der Waals surface area contributed by atoms with Crippen LogP contribution in [0.5, 0.6) is 0 Å². The summed E-state index contributed by atoms with van der Waals surface area (Å²) in [5.74, 6) is 0. The maximum atomic E-state index is 9.31. The molecule has 0 saturated heterocycles. The molecule has 0 radical (unpaired) electrons. The van der Waals surface area contributed by atoms with Gasteiger partial charge in [0.1, 0.15) is 0 Å². The molecule has 0 aromatic heterocycles. The molecule has 3 heteroatoms. The number of nitrogen functional groups attached to an aromatic ring is 1. The van der Waals surface area contributed by atoms with Gasteiger partial charge in [0, 0.05) is 5.69 Å². The average molecular weight is 180 g/mol. The fourth-order valence-corrected chi connectivity index (χ4v) is 1.25. The Morgan fingerprint density at radius 1 is 1.38 bits per heavy atom. The maximum Gasteiger partial charge on any atom is 0.0705 e. The highest BCUT2D eigenvalue weighted by molar-refractivity contribution is 5.54. The molecule has 0 unspecified atom stereocenters. The molecule has 1 aromatic carbocycles. The van der Waals surface area contributed by atoms with Gasteiger partial charge in [-0.25, -0.2) is 0 Å². The Balaban J connectivity index is 3.07. The van der Waals surface area contributed by atoms with E-state index in [1.807, 2.05) is 25.1 Å². The average Bonchev–Trinajstić information content (AvgIpc) is 2.08.